The van der Waals surface area contributed by atoms with Crippen molar-refractivity contribution in [2.45, 2.75) is 32.7 Å². The summed E-state index contributed by atoms with van der Waals surface area (Å²) in [6.45, 7) is 3.08. The molecular weight excluding hydrogens is 570 g/mol. The zero-order valence-corrected chi connectivity index (χ0v) is 22.4. The first-order valence-corrected chi connectivity index (χ1v) is 12.0. The van der Waals surface area contributed by atoms with Crippen LogP contribution in [0.5, 0.6) is 0 Å². The fraction of sp³-hybridized carbons (Fsp3) is 0.231. The average Bonchev–Trinajstić information content (AvgIpc) is 2.82. The quantitative estimate of drug-likeness (QED) is 0.308. The van der Waals surface area contributed by atoms with Crippen molar-refractivity contribution in [1.29, 1.82) is 0 Å². The summed E-state index contributed by atoms with van der Waals surface area (Å²) in [4.78, 5) is 38.3. The highest BCUT2D eigenvalue weighted by molar-refractivity contribution is 9.10. The maximum absolute atomic E-state index is 13.5. The Kier molecular flexibility index (Phi) is 9.12. The first-order valence-electron chi connectivity index (χ1n) is 11.2. The number of aliphatic hydroxyl groups excluding tert-OH is 1. The Morgan fingerprint density at radius 1 is 1.16 bits per heavy atom. The van der Waals surface area contributed by atoms with Gasteiger partial charge in [-0.1, -0.05) is 13.0 Å². The van der Waals surface area contributed by atoms with Crippen LogP contribution < -0.4 is 10.5 Å². The van der Waals surface area contributed by atoms with Crippen LogP contribution in [0.2, 0.25) is 0 Å². The Morgan fingerprint density at radius 2 is 1.86 bits per heavy atom. The van der Waals surface area contributed by atoms with Crippen LogP contribution in [0.1, 0.15) is 31.7 Å². The maximum atomic E-state index is 13.5. The number of aromatic nitrogens is 3. The first kappa shape index (κ1) is 28.4. The molecule has 7 nitrogen and oxygen atoms in total. The zero-order chi connectivity index (χ0) is 26.0. The van der Waals surface area contributed by atoms with E-state index in [4.69, 9.17) is 0 Å². The van der Waals surface area contributed by atoms with Gasteiger partial charge in [-0.2, -0.15) is 0 Å². The summed E-state index contributed by atoms with van der Waals surface area (Å²) in [7, 11) is 0. The summed E-state index contributed by atoms with van der Waals surface area (Å²) < 4.78 is 27.6. The second-order valence-corrected chi connectivity index (χ2v) is 9.21. The smallest absolute Gasteiger partial charge is 0.258 e. The lowest BCUT2D eigenvalue weighted by molar-refractivity contribution is -0.117. The predicted molar refractivity (Wildman–Crippen MR) is 144 cm³/mol. The van der Waals surface area contributed by atoms with E-state index in [0.29, 0.717) is 44.6 Å². The van der Waals surface area contributed by atoms with Crippen molar-refractivity contribution < 1.29 is 18.7 Å². The molecule has 194 valence electrons. The number of anilines is 1. The summed E-state index contributed by atoms with van der Waals surface area (Å²) in [6.07, 6.45) is 2.35. The van der Waals surface area contributed by atoms with Gasteiger partial charge in [0.2, 0.25) is 5.91 Å². The van der Waals surface area contributed by atoms with Crippen molar-refractivity contribution in [1.82, 2.24) is 15.0 Å². The van der Waals surface area contributed by atoms with Crippen LogP contribution in [0.25, 0.3) is 22.2 Å². The van der Waals surface area contributed by atoms with Gasteiger partial charge in [-0.3, -0.25) is 14.6 Å². The molecule has 0 fully saturated rings. The van der Waals surface area contributed by atoms with Crippen molar-refractivity contribution in [3.8, 4) is 11.3 Å². The van der Waals surface area contributed by atoms with Gasteiger partial charge in [0.25, 0.3) is 5.56 Å². The second kappa shape index (κ2) is 11.9. The van der Waals surface area contributed by atoms with E-state index in [-0.39, 0.29) is 36.9 Å². The Labute approximate surface area is 226 Å². The number of hydrogen-bond donors (Lipinski definition) is 2. The Bertz CT molecular complexity index is 1470. The van der Waals surface area contributed by atoms with Crippen LogP contribution >= 0.6 is 28.3 Å². The van der Waals surface area contributed by atoms with Crippen LogP contribution in [0.4, 0.5) is 14.5 Å². The number of rotatable bonds is 7. The SMILES string of the molecule is CCC(CO)N(C(C)=O)c1cc2nc(Cc3ccc(-c4cc(F)cc(F)c4)nc3)[nH]c(=O)c2cc1Br.Cl. The number of carbonyl (C=O) groups excluding carboxylic acids is 1. The molecule has 0 saturated heterocycles. The molecule has 1 atom stereocenters. The number of aliphatic hydroxyl groups is 1. The summed E-state index contributed by atoms with van der Waals surface area (Å²) in [6, 6.07) is 9.42. The van der Waals surface area contributed by atoms with E-state index < -0.39 is 17.7 Å². The largest absolute Gasteiger partial charge is 0.394 e. The van der Waals surface area contributed by atoms with Gasteiger partial charge in [-0.25, -0.2) is 13.8 Å². The van der Waals surface area contributed by atoms with E-state index in [0.717, 1.165) is 11.6 Å². The highest BCUT2D eigenvalue weighted by Gasteiger charge is 2.24. The standard InChI is InChI=1S/C26H23BrF2N4O3.ClH/c1-3-19(13-34)33(14(2)35)24-11-23-20(10-21(24)27)26(36)32-25(31-23)6-15-4-5-22(30-12-15)16-7-17(28)9-18(29)8-16;/h4-5,7-12,19,34H,3,6,13H2,1-2H3,(H,31,32,36);1H. The third-order valence-electron chi connectivity index (χ3n) is 5.82. The van der Waals surface area contributed by atoms with Crippen molar-refractivity contribution in [2.75, 3.05) is 11.5 Å². The summed E-state index contributed by atoms with van der Waals surface area (Å²) in [5, 5.41) is 10.1. The number of fused-ring (bicyclic) bond motifs is 1. The fourth-order valence-corrected chi connectivity index (χ4v) is 4.61. The molecule has 1 unspecified atom stereocenters. The average molecular weight is 594 g/mol. The molecule has 0 aliphatic carbocycles. The second-order valence-electron chi connectivity index (χ2n) is 8.35. The third kappa shape index (κ3) is 6.20. The lowest BCUT2D eigenvalue weighted by atomic mass is 10.1. The number of aromatic amines is 1. The number of pyridine rings is 1. The minimum atomic E-state index is -0.688. The number of H-pyrrole nitrogens is 1. The van der Waals surface area contributed by atoms with Crippen molar-refractivity contribution >= 4 is 50.8 Å². The van der Waals surface area contributed by atoms with Gasteiger partial charge in [-0.05, 0) is 58.2 Å². The van der Waals surface area contributed by atoms with Gasteiger partial charge >= 0.3 is 0 Å². The molecule has 37 heavy (non-hydrogen) atoms. The molecule has 0 spiro atoms. The van der Waals surface area contributed by atoms with Gasteiger partial charge < -0.3 is 15.0 Å². The molecule has 0 aliphatic rings. The summed E-state index contributed by atoms with van der Waals surface area (Å²) >= 11 is 3.44. The summed E-state index contributed by atoms with van der Waals surface area (Å²) in [5.74, 6) is -1.24. The van der Waals surface area contributed by atoms with Crippen molar-refractivity contribution in [3.05, 3.63) is 86.5 Å². The normalized spacial score (nSPS) is 11.7. The topological polar surface area (TPSA) is 99.2 Å². The molecule has 4 aromatic rings. The van der Waals surface area contributed by atoms with E-state index in [1.807, 2.05) is 6.92 Å². The van der Waals surface area contributed by atoms with Crippen LogP contribution in [0, 0.1) is 11.6 Å². The molecule has 2 N–H and O–H groups in total. The molecule has 1 amide bonds. The third-order valence-corrected chi connectivity index (χ3v) is 6.46. The molecule has 0 bridgehead atoms. The van der Waals surface area contributed by atoms with Gasteiger partial charge in [-0.15, -0.1) is 12.4 Å². The van der Waals surface area contributed by atoms with Crippen molar-refractivity contribution in [2.24, 2.45) is 0 Å². The number of halogens is 4. The Hall–Kier alpha value is -3.21. The van der Waals surface area contributed by atoms with Gasteiger partial charge in [0.05, 0.1) is 34.9 Å². The maximum Gasteiger partial charge on any atom is 0.258 e. The van der Waals surface area contributed by atoms with E-state index in [9.17, 15) is 23.5 Å². The number of nitrogens with one attached hydrogen (secondary N) is 1. The highest BCUT2D eigenvalue weighted by Crippen LogP contribution is 2.32. The molecule has 4 rings (SSSR count). The van der Waals surface area contributed by atoms with Crippen molar-refractivity contribution in [3.63, 3.8) is 0 Å². The number of hydrogen-bond acceptors (Lipinski definition) is 5. The molecular formula is C26H24BrClF2N4O3. The van der Waals surface area contributed by atoms with Crippen LogP contribution in [-0.2, 0) is 11.2 Å². The highest BCUT2D eigenvalue weighted by atomic mass is 79.9. The first-order chi connectivity index (χ1) is 17.2. The number of amides is 1. The number of nitrogens with zero attached hydrogens (tertiary/aromatic N) is 3. The molecule has 2 aromatic heterocycles. The fourth-order valence-electron chi connectivity index (χ4n) is 4.08. The predicted octanol–water partition coefficient (Wildman–Crippen LogP) is 5.16. The van der Waals surface area contributed by atoms with E-state index in [2.05, 4.69) is 30.9 Å². The monoisotopic (exact) mass is 592 g/mol. The minimum absolute atomic E-state index is 0. The lowest BCUT2D eigenvalue weighted by Gasteiger charge is -2.30. The van der Waals surface area contributed by atoms with Crippen LogP contribution in [0.15, 0.2) is 57.9 Å². The lowest BCUT2D eigenvalue weighted by Crippen LogP contribution is -2.41. The van der Waals surface area contributed by atoms with Gasteiger partial charge in [0.15, 0.2) is 0 Å². The number of benzene rings is 2. The zero-order valence-electron chi connectivity index (χ0n) is 20.0. The van der Waals surface area contributed by atoms with Crippen LogP contribution in [0.3, 0.4) is 0 Å². The Morgan fingerprint density at radius 3 is 2.43 bits per heavy atom. The molecule has 0 aliphatic heterocycles. The van der Waals surface area contributed by atoms with E-state index in [1.54, 1.807) is 30.5 Å². The van der Waals surface area contributed by atoms with E-state index in [1.165, 1.54) is 24.0 Å². The summed E-state index contributed by atoms with van der Waals surface area (Å²) in [5.41, 5.74) is 2.01. The molecule has 2 heterocycles. The Balaban J connectivity index is 0.00000380. The van der Waals surface area contributed by atoms with Crippen LogP contribution in [-0.4, -0.2) is 38.6 Å². The van der Waals surface area contributed by atoms with E-state index >= 15 is 0 Å². The molecule has 2 aromatic carbocycles. The molecule has 0 saturated carbocycles. The minimum Gasteiger partial charge on any atom is -0.394 e. The molecule has 11 heteroatoms. The van der Waals surface area contributed by atoms with Gasteiger partial charge in [0.1, 0.15) is 17.5 Å². The number of carbonyl (C=O) groups is 1. The van der Waals surface area contributed by atoms with Gasteiger partial charge in [0, 0.05) is 35.6 Å². The molecule has 0 radical (unpaired) electrons.